The van der Waals surface area contributed by atoms with Crippen LogP contribution in [0.1, 0.15) is 0 Å². The summed E-state index contributed by atoms with van der Waals surface area (Å²) in [4.78, 5) is 13.3. The second-order valence-electron chi connectivity index (χ2n) is 4.10. The molecule has 98 valence electrons. The average molecular weight is 250 g/mol. The van der Waals surface area contributed by atoms with Crippen LogP contribution in [-0.2, 0) is 9.53 Å². The maximum Gasteiger partial charge on any atom is 0.343 e. The molecule has 0 spiro atoms. The molecule has 0 aliphatic carbocycles. The minimum atomic E-state index is -0.374. The Bertz CT molecular complexity index is 386. The van der Waals surface area contributed by atoms with Gasteiger partial charge in [-0.15, -0.1) is 0 Å². The van der Waals surface area contributed by atoms with Gasteiger partial charge in [0.25, 0.3) is 0 Å². The van der Waals surface area contributed by atoms with E-state index in [9.17, 15) is 4.79 Å². The molecule has 0 atom stereocenters. The lowest BCUT2D eigenvalue weighted by atomic mass is 10.2. The van der Waals surface area contributed by atoms with Gasteiger partial charge in [-0.2, -0.15) is 0 Å². The highest BCUT2D eigenvalue weighted by molar-refractivity contribution is 5.70. The van der Waals surface area contributed by atoms with E-state index < -0.39 is 0 Å². The first-order valence-electron chi connectivity index (χ1n) is 6.05. The lowest BCUT2D eigenvalue weighted by Crippen LogP contribution is -2.43. The van der Waals surface area contributed by atoms with Gasteiger partial charge in [-0.25, -0.2) is 4.79 Å². The molecule has 0 amide bonds. The molecule has 0 aromatic heterocycles. The fourth-order valence-corrected chi connectivity index (χ4v) is 1.88. The molecule has 1 heterocycles. The molecule has 1 aromatic carbocycles. The monoisotopic (exact) mass is 250 g/mol. The minimum Gasteiger partial charge on any atom is -0.482 e. The molecule has 5 nitrogen and oxygen atoms in total. The highest BCUT2D eigenvalue weighted by Gasteiger charge is 2.10. The van der Waals surface area contributed by atoms with Gasteiger partial charge in [0.1, 0.15) is 5.75 Å². The van der Waals surface area contributed by atoms with Crippen molar-refractivity contribution in [2.24, 2.45) is 0 Å². The van der Waals surface area contributed by atoms with Crippen LogP contribution in [0.2, 0.25) is 0 Å². The van der Waals surface area contributed by atoms with Gasteiger partial charge in [0, 0.05) is 31.9 Å². The largest absolute Gasteiger partial charge is 0.482 e. The maximum absolute atomic E-state index is 10.9. The fourth-order valence-electron chi connectivity index (χ4n) is 1.88. The van der Waals surface area contributed by atoms with Crippen molar-refractivity contribution >= 4 is 11.7 Å². The number of carbonyl (C=O) groups is 1. The number of nitrogens with one attached hydrogen (secondary N) is 1. The van der Waals surface area contributed by atoms with Crippen LogP contribution in [0.5, 0.6) is 5.75 Å². The van der Waals surface area contributed by atoms with Crippen molar-refractivity contribution in [3.8, 4) is 5.75 Å². The second-order valence-corrected chi connectivity index (χ2v) is 4.10. The predicted octanol–water partition coefficient (Wildman–Crippen LogP) is 0.648. The van der Waals surface area contributed by atoms with Crippen molar-refractivity contribution in [2.75, 3.05) is 44.8 Å². The summed E-state index contributed by atoms with van der Waals surface area (Å²) in [6.45, 7) is 4.01. The summed E-state index contributed by atoms with van der Waals surface area (Å²) in [5, 5.41) is 3.32. The summed E-state index contributed by atoms with van der Waals surface area (Å²) in [7, 11) is 1.35. The highest BCUT2D eigenvalue weighted by Crippen LogP contribution is 2.19. The smallest absolute Gasteiger partial charge is 0.343 e. The number of nitrogens with zero attached hydrogens (tertiary/aromatic N) is 1. The summed E-state index contributed by atoms with van der Waals surface area (Å²) < 4.78 is 9.81. The number of ether oxygens (including phenoxy) is 2. The standard InChI is InChI=1S/C13H18N2O3/c1-17-13(16)10-18-12-4-2-11(3-5-12)15-8-6-14-7-9-15/h2-5,14H,6-10H2,1H3. The van der Waals surface area contributed by atoms with Crippen molar-refractivity contribution in [3.05, 3.63) is 24.3 Å². The topological polar surface area (TPSA) is 50.8 Å². The van der Waals surface area contributed by atoms with Crippen LogP contribution in [0, 0.1) is 0 Å². The number of piperazine rings is 1. The molecule has 0 radical (unpaired) electrons. The van der Waals surface area contributed by atoms with Crippen molar-refractivity contribution in [1.82, 2.24) is 5.32 Å². The van der Waals surface area contributed by atoms with Crippen LogP contribution in [-0.4, -0.2) is 45.9 Å². The molecule has 2 rings (SSSR count). The molecule has 1 aliphatic heterocycles. The number of methoxy groups -OCH3 is 1. The Morgan fingerprint density at radius 2 is 1.94 bits per heavy atom. The predicted molar refractivity (Wildman–Crippen MR) is 69.0 cm³/mol. The zero-order chi connectivity index (χ0) is 12.8. The molecule has 1 aliphatic rings. The molecule has 1 fully saturated rings. The normalized spacial score (nSPS) is 15.3. The van der Waals surface area contributed by atoms with E-state index >= 15 is 0 Å². The van der Waals surface area contributed by atoms with E-state index in [2.05, 4.69) is 15.0 Å². The lowest BCUT2D eigenvalue weighted by Gasteiger charge is -2.29. The Morgan fingerprint density at radius 1 is 1.28 bits per heavy atom. The van der Waals surface area contributed by atoms with Crippen LogP contribution >= 0.6 is 0 Å². The highest BCUT2D eigenvalue weighted by atomic mass is 16.6. The zero-order valence-corrected chi connectivity index (χ0v) is 10.5. The Kier molecular flexibility index (Phi) is 4.41. The maximum atomic E-state index is 10.9. The number of hydrogen-bond donors (Lipinski definition) is 1. The summed E-state index contributed by atoms with van der Waals surface area (Å²) >= 11 is 0. The van der Waals surface area contributed by atoms with Gasteiger partial charge in [0.15, 0.2) is 6.61 Å². The molecule has 0 saturated carbocycles. The van der Waals surface area contributed by atoms with Crippen LogP contribution < -0.4 is 15.0 Å². The molecule has 0 bridgehead atoms. The van der Waals surface area contributed by atoms with E-state index in [1.165, 1.54) is 12.8 Å². The Morgan fingerprint density at radius 3 is 2.56 bits per heavy atom. The minimum absolute atomic E-state index is 0.0521. The van der Waals surface area contributed by atoms with E-state index in [0.29, 0.717) is 5.75 Å². The number of rotatable bonds is 4. The first-order chi connectivity index (χ1) is 8.79. The Labute approximate surface area is 107 Å². The van der Waals surface area contributed by atoms with Crippen LogP contribution in [0.4, 0.5) is 5.69 Å². The van der Waals surface area contributed by atoms with Gasteiger partial charge >= 0.3 is 5.97 Å². The molecule has 5 heteroatoms. The van der Waals surface area contributed by atoms with E-state index in [4.69, 9.17) is 4.74 Å². The number of hydrogen-bond acceptors (Lipinski definition) is 5. The van der Waals surface area contributed by atoms with Gasteiger partial charge < -0.3 is 19.7 Å². The molecular formula is C13H18N2O3. The summed E-state index contributed by atoms with van der Waals surface area (Å²) in [6.07, 6.45) is 0. The van der Waals surface area contributed by atoms with Crippen molar-refractivity contribution in [3.63, 3.8) is 0 Å². The molecular weight excluding hydrogens is 232 g/mol. The van der Waals surface area contributed by atoms with Crippen LogP contribution in [0.15, 0.2) is 24.3 Å². The second kappa shape index (κ2) is 6.26. The average Bonchev–Trinajstić information content (AvgIpc) is 2.46. The third kappa shape index (κ3) is 3.37. The van der Waals surface area contributed by atoms with Gasteiger partial charge in [0.2, 0.25) is 0 Å². The number of anilines is 1. The lowest BCUT2D eigenvalue weighted by molar-refractivity contribution is -0.142. The Hall–Kier alpha value is -1.75. The molecule has 0 unspecified atom stereocenters. The van der Waals surface area contributed by atoms with Gasteiger partial charge in [-0.1, -0.05) is 0 Å². The van der Waals surface area contributed by atoms with Crippen LogP contribution in [0.25, 0.3) is 0 Å². The van der Waals surface area contributed by atoms with E-state index in [-0.39, 0.29) is 12.6 Å². The SMILES string of the molecule is COC(=O)COc1ccc(N2CCNCC2)cc1. The van der Waals surface area contributed by atoms with E-state index in [0.717, 1.165) is 26.2 Å². The van der Waals surface area contributed by atoms with E-state index in [1.807, 2.05) is 24.3 Å². The Balaban J connectivity index is 1.90. The first-order valence-corrected chi connectivity index (χ1v) is 6.05. The van der Waals surface area contributed by atoms with Gasteiger partial charge in [0.05, 0.1) is 7.11 Å². The quantitative estimate of drug-likeness (QED) is 0.795. The number of carbonyl (C=O) groups excluding carboxylic acids is 1. The van der Waals surface area contributed by atoms with E-state index in [1.54, 1.807) is 0 Å². The first kappa shape index (κ1) is 12.7. The van der Waals surface area contributed by atoms with Gasteiger partial charge in [-0.3, -0.25) is 0 Å². The third-order valence-electron chi connectivity index (χ3n) is 2.90. The number of esters is 1. The van der Waals surface area contributed by atoms with Crippen molar-refractivity contribution < 1.29 is 14.3 Å². The molecule has 1 N–H and O–H groups in total. The summed E-state index contributed by atoms with van der Waals surface area (Å²) in [5.41, 5.74) is 1.18. The van der Waals surface area contributed by atoms with Gasteiger partial charge in [-0.05, 0) is 24.3 Å². The molecule has 1 aromatic rings. The summed E-state index contributed by atoms with van der Waals surface area (Å²) in [5.74, 6) is 0.306. The zero-order valence-electron chi connectivity index (χ0n) is 10.5. The molecule has 18 heavy (non-hydrogen) atoms. The molecule has 1 saturated heterocycles. The fraction of sp³-hybridized carbons (Fsp3) is 0.462. The van der Waals surface area contributed by atoms with Crippen LogP contribution in [0.3, 0.4) is 0 Å². The van der Waals surface area contributed by atoms with Crippen molar-refractivity contribution in [2.45, 2.75) is 0 Å². The summed E-state index contributed by atoms with van der Waals surface area (Å²) in [6, 6.07) is 7.77. The van der Waals surface area contributed by atoms with Crippen molar-refractivity contribution in [1.29, 1.82) is 0 Å². The number of benzene rings is 1. The third-order valence-corrected chi connectivity index (χ3v) is 2.90.